The smallest absolute Gasteiger partial charge is 0.340 e. The lowest BCUT2D eigenvalue weighted by atomic mass is 10.3. The molecule has 2 aromatic heterocycles. The lowest BCUT2D eigenvalue weighted by Gasteiger charge is -2.15. The first-order valence-electron chi connectivity index (χ1n) is 7.59. The van der Waals surface area contributed by atoms with E-state index in [9.17, 15) is 22.4 Å². The third-order valence-electron chi connectivity index (χ3n) is 3.08. The number of rotatable bonds is 8. The van der Waals surface area contributed by atoms with Gasteiger partial charge in [0.15, 0.2) is 11.7 Å². The minimum Gasteiger partial charge on any atom is -0.471 e. The third kappa shape index (κ3) is 6.24. The second-order valence-corrected chi connectivity index (χ2v) is 6.39. The highest BCUT2D eigenvalue weighted by Gasteiger charge is 2.41. The Kier molecular flexibility index (Phi) is 6.77. The molecule has 0 unspecified atom stereocenters. The number of aromatic nitrogens is 2. The van der Waals surface area contributed by atoms with Crippen LogP contribution >= 0.6 is 11.3 Å². The molecular weight excluding hydrogens is 390 g/mol. The second-order valence-electron chi connectivity index (χ2n) is 5.56. The van der Waals surface area contributed by atoms with E-state index >= 15 is 0 Å². The molecule has 148 valence electrons. The van der Waals surface area contributed by atoms with Gasteiger partial charge in [-0.05, 0) is 6.07 Å². The molecule has 2 heterocycles. The van der Waals surface area contributed by atoms with Crippen molar-refractivity contribution in [1.29, 1.82) is 0 Å². The van der Waals surface area contributed by atoms with E-state index in [4.69, 9.17) is 0 Å². The Morgan fingerprint density at radius 3 is 2.78 bits per heavy atom. The Hall–Kier alpha value is -2.63. The quantitative estimate of drug-likeness (QED) is 0.657. The van der Waals surface area contributed by atoms with Gasteiger partial charge < -0.3 is 20.3 Å². The number of nitrogens with zero attached hydrogens (tertiary/aromatic N) is 3. The zero-order valence-corrected chi connectivity index (χ0v) is 15.2. The molecule has 0 saturated heterocycles. The van der Waals surface area contributed by atoms with Crippen molar-refractivity contribution in [3.05, 3.63) is 29.4 Å². The van der Waals surface area contributed by atoms with Gasteiger partial charge in [-0.2, -0.15) is 8.78 Å². The van der Waals surface area contributed by atoms with E-state index in [-0.39, 0.29) is 18.1 Å². The topological polar surface area (TPSA) is 79.4 Å². The first-order chi connectivity index (χ1) is 12.7. The Morgan fingerprint density at radius 2 is 2.15 bits per heavy atom. The number of halogens is 4. The maximum Gasteiger partial charge on any atom is 0.340 e. The second kappa shape index (κ2) is 8.84. The van der Waals surface area contributed by atoms with Crippen LogP contribution in [0.1, 0.15) is 5.69 Å². The molecule has 0 fully saturated rings. The van der Waals surface area contributed by atoms with E-state index in [1.807, 2.05) is 19.0 Å². The summed E-state index contributed by atoms with van der Waals surface area (Å²) in [5, 5.41) is 7.64. The minimum absolute atomic E-state index is 0.186. The zero-order valence-electron chi connectivity index (χ0n) is 14.4. The third-order valence-corrected chi connectivity index (χ3v) is 4.13. The van der Waals surface area contributed by atoms with Crippen molar-refractivity contribution in [1.82, 2.24) is 15.3 Å². The van der Waals surface area contributed by atoms with Crippen LogP contribution in [0.15, 0.2) is 23.7 Å². The Balaban J connectivity index is 1.86. The number of urea groups is 1. The average molecular weight is 407 g/mol. The summed E-state index contributed by atoms with van der Waals surface area (Å²) in [7, 11) is 3.70. The summed E-state index contributed by atoms with van der Waals surface area (Å²) in [6, 6.07) is 1.98. The number of nitrogens with one attached hydrogen (secondary N) is 2. The average Bonchev–Trinajstić information content (AvgIpc) is 3.08. The summed E-state index contributed by atoms with van der Waals surface area (Å²) >= 11 is 1.43. The van der Waals surface area contributed by atoms with Crippen molar-refractivity contribution >= 4 is 28.2 Å². The predicted molar refractivity (Wildman–Crippen MR) is 93.0 cm³/mol. The normalized spacial score (nSPS) is 11.4. The fourth-order valence-electron chi connectivity index (χ4n) is 1.73. The molecule has 0 aliphatic rings. The molecule has 0 aromatic carbocycles. The lowest BCUT2D eigenvalue weighted by molar-refractivity contribution is -0.148. The van der Waals surface area contributed by atoms with Gasteiger partial charge in [0.25, 0.3) is 0 Å². The number of carbonyl (C=O) groups is 1. The Morgan fingerprint density at radius 1 is 1.41 bits per heavy atom. The van der Waals surface area contributed by atoms with Crippen molar-refractivity contribution in [2.45, 2.75) is 18.9 Å². The monoisotopic (exact) mass is 407 g/mol. The minimum atomic E-state index is -4.29. The summed E-state index contributed by atoms with van der Waals surface area (Å²) in [6.07, 6.45) is -2.65. The van der Waals surface area contributed by atoms with Gasteiger partial charge in [-0.1, -0.05) is 0 Å². The van der Waals surface area contributed by atoms with E-state index in [1.54, 1.807) is 5.38 Å². The van der Waals surface area contributed by atoms with Crippen LogP contribution in [0.3, 0.4) is 0 Å². The number of hydrogen-bond acceptors (Lipinski definition) is 6. The van der Waals surface area contributed by atoms with Crippen LogP contribution in [0.4, 0.5) is 33.2 Å². The standard InChI is InChI=1S/C15H17F4N5O2S/c1-24(2)14-23-10(7-27-14)6-21-13(25)22-9-3-4-20-11(5-9)26-8-15(18,19)12(16)17/h3-5,7,12H,6,8H2,1-2H3,(H2,20,21,22,25). The van der Waals surface area contributed by atoms with Gasteiger partial charge in [-0.25, -0.2) is 23.5 Å². The van der Waals surface area contributed by atoms with Crippen LogP contribution in [0.25, 0.3) is 0 Å². The molecule has 27 heavy (non-hydrogen) atoms. The first kappa shape index (κ1) is 20.7. The summed E-state index contributed by atoms with van der Waals surface area (Å²) in [4.78, 5) is 21.7. The van der Waals surface area contributed by atoms with E-state index in [0.29, 0.717) is 5.69 Å². The molecule has 0 radical (unpaired) electrons. The number of alkyl halides is 4. The molecule has 0 bridgehead atoms. The molecule has 12 heteroatoms. The molecule has 0 saturated carbocycles. The Labute approximate surface area is 156 Å². The van der Waals surface area contributed by atoms with E-state index < -0.39 is 25.0 Å². The lowest BCUT2D eigenvalue weighted by Crippen LogP contribution is -2.34. The number of amides is 2. The van der Waals surface area contributed by atoms with E-state index in [1.165, 1.54) is 23.6 Å². The fourth-order valence-corrected chi connectivity index (χ4v) is 2.49. The van der Waals surface area contributed by atoms with Crippen molar-refractivity contribution in [2.75, 3.05) is 30.9 Å². The molecule has 7 nitrogen and oxygen atoms in total. The highest BCUT2D eigenvalue weighted by atomic mass is 32.1. The SMILES string of the molecule is CN(C)c1nc(CNC(=O)Nc2ccnc(OCC(F)(F)C(F)F)c2)cs1. The van der Waals surface area contributed by atoms with E-state index in [2.05, 4.69) is 25.3 Å². The molecule has 2 amide bonds. The number of thiazole rings is 1. The van der Waals surface area contributed by atoms with Gasteiger partial charge in [0.05, 0.1) is 12.2 Å². The number of ether oxygens (including phenoxy) is 1. The van der Waals surface area contributed by atoms with E-state index in [0.717, 1.165) is 11.2 Å². The molecule has 0 aliphatic heterocycles. The van der Waals surface area contributed by atoms with Crippen LogP contribution in [-0.2, 0) is 6.54 Å². The van der Waals surface area contributed by atoms with Gasteiger partial charge >= 0.3 is 18.4 Å². The first-order valence-corrected chi connectivity index (χ1v) is 8.47. The van der Waals surface area contributed by atoms with Gasteiger partial charge in [0.2, 0.25) is 5.88 Å². The number of hydrogen-bond donors (Lipinski definition) is 2. The molecule has 0 atom stereocenters. The molecule has 0 spiro atoms. The molecular formula is C15H17F4N5O2S. The predicted octanol–water partition coefficient (Wildman–Crippen LogP) is 3.21. The van der Waals surface area contributed by atoms with Crippen molar-refractivity contribution < 1.29 is 27.1 Å². The van der Waals surface area contributed by atoms with Crippen LogP contribution in [0, 0.1) is 0 Å². The summed E-state index contributed by atoms with van der Waals surface area (Å²) < 4.78 is 54.5. The Bertz CT molecular complexity index is 772. The largest absolute Gasteiger partial charge is 0.471 e. The van der Waals surface area contributed by atoms with Crippen molar-refractivity contribution in [3.8, 4) is 5.88 Å². The maximum atomic E-state index is 12.9. The van der Waals surface area contributed by atoms with Gasteiger partial charge in [-0.3, -0.25) is 0 Å². The fraction of sp³-hybridized carbons (Fsp3) is 0.400. The summed E-state index contributed by atoms with van der Waals surface area (Å²) in [5.74, 6) is -4.61. The molecule has 2 aromatic rings. The van der Waals surface area contributed by atoms with Crippen LogP contribution < -0.4 is 20.3 Å². The number of carbonyl (C=O) groups excluding carboxylic acids is 1. The molecule has 2 N–H and O–H groups in total. The van der Waals surface area contributed by atoms with Crippen LogP contribution in [-0.4, -0.2) is 49.0 Å². The highest BCUT2D eigenvalue weighted by Crippen LogP contribution is 2.24. The van der Waals surface area contributed by atoms with Crippen molar-refractivity contribution in [2.24, 2.45) is 0 Å². The molecule has 0 aliphatic carbocycles. The van der Waals surface area contributed by atoms with Crippen molar-refractivity contribution in [3.63, 3.8) is 0 Å². The van der Waals surface area contributed by atoms with Crippen LogP contribution in [0.2, 0.25) is 0 Å². The van der Waals surface area contributed by atoms with Gasteiger partial charge in [0, 0.05) is 37.4 Å². The number of pyridine rings is 1. The van der Waals surface area contributed by atoms with Gasteiger partial charge in [-0.15, -0.1) is 11.3 Å². The summed E-state index contributed by atoms with van der Waals surface area (Å²) in [6.45, 7) is -1.34. The molecule has 2 rings (SSSR count). The van der Waals surface area contributed by atoms with Crippen LogP contribution in [0.5, 0.6) is 5.88 Å². The zero-order chi connectivity index (χ0) is 20.0. The maximum absolute atomic E-state index is 12.9. The van der Waals surface area contributed by atoms with Gasteiger partial charge in [0.1, 0.15) is 0 Å². The number of anilines is 2. The summed E-state index contributed by atoms with van der Waals surface area (Å²) in [5.41, 5.74) is 0.872. The highest BCUT2D eigenvalue weighted by molar-refractivity contribution is 7.13.